The van der Waals surface area contributed by atoms with Crippen LogP contribution in [0, 0.1) is 12.8 Å². The summed E-state index contributed by atoms with van der Waals surface area (Å²) >= 11 is 1.42. The van der Waals surface area contributed by atoms with Crippen LogP contribution < -0.4 is 5.32 Å². The molecule has 5 nitrogen and oxygen atoms in total. The molecule has 1 saturated heterocycles. The van der Waals surface area contributed by atoms with Gasteiger partial charge < -0.3 is 10.2 Å². The normalized spacial score (nSPS) is 23.6. The quantitative estimate of drug-likeness (QED) is 0.929. The Labute approximate surface area is 122 Å². The maximum atomic E-state index is 12.2. The molecule has 1 aliphatic carbocycles. The van der Waals surface area contributed by atoms with Crippen LogP contribution in [0.25, 0.3) is 0 Å². The smallest absolute Gasteiger partial charge is 0.231 e. The number of nitrogens with one attached hydrogen (secondary N) is 1. The zero-order chi connectivity index (χ0) is 14.1. The molecule has 1 saturated carbocycles. The fraction of sp³-hybridized carbons (Fsp3) is 0.643. The average molecular weight is 293 g/mol. The van der Waals surface area contributed by atoms with E-state index in [1.54, 1.807) is 0 Å². The summed E-state index contributed by atoms with van der Waals surface area (Å²) < 4.78 is 0. The molecule has 2 heterocycles. The maximum absolute atomic E-state index is 12.2. The van der Waals surface area contributed by atoms with Gasteiger partial charge in [0.15, 0.2) is 5.13 Å². The SMILES string of the molecule is Cc1csc(NC(=O)C2CC(=O)N(C3CCCC3)C2)n1. The third-order valence-corrected chi connectivity index (χ3v) is 5.02. The van der Waals surface area contributed by atoms with Crippen LogP contribution in [0.15, 0.2) is 5.38 Å². The first-order valence-corrected chi connectivity index (χ1v) is 8.04. The second kappa shape index (κ2) is 5.52. The molecule has 3 rings (SSSR count). The van der Waals surface area contributed by atoms with Crippen LogP contribution in [0.2, 0.25) is 0 Å². The number of amides is 2. The predicted molar refractivity (Wildman–Crippen MR) is 77.6 cm³/mol. The number of nitrogens with zero attached hydrogens (tertiary/aromatic N) is 2. The monoisotopic (exact) mass is 293 g/mol. The molecule has 1 N–H and O–H groups in total. The van der Waals surface area contributed by atoms with Crippen LogP contribution >= 0.6 is 11.3 Å². The van der Waals surface area contributed by atoms with E-state index in [0.717, 1.165) is 18.5 Å². The highest BCUT2D eigenvalue weighted by Crippen LogP contribution is 2.30. The lowest BCUT2D eigenvalue weighted by atomic mass is 10.1. The van der Waals surface area contributed by atoms with Crippen molar-refractivity contribution in [3.63, 3.8) is 0 Å². The molecular formula is C14H19N3O2S. The zero-order valence-corrected chi connectivity index (χ0v) is 12.4. The summed E-state index contributed by atoms with van der Waals surface area (Å²) in [6.07, 6.45) is 4.91. The number of carbonyl (C=O) groups is 2. The lowest BCUT2D eigenvalue weighted by Gasteiger charge is -2.23. The molecule has 2 fully saturated rings. The van der Waals surface area contributed by atoms with Crippen molar-refractivity contribution in [2.45, 2.75) is 45.1 Å². The molecule has 0 aromatic carbocycles. The molecule has 2 aliphatic rings. The number of hydrogen-bond acceptors (Lipinski definition) is 4. The van der Waals surface area contributed by atoms with Gasteiger partial charge in [-0.1, -0.05) is 12.8 Å². The van der Waals surface area contributed by atoms with E-state index in [-0.39, 0.29) is 17.7 Å². The van der Waals surface area contributed by atoms with Gasteiger partial charge >= 0.3 is 0 Å². The predicted octanol–water partition coefficient (Wildman–Crippen LogP) is 2.18. The molecule has 1 atom stereocenters. The molecule has 1 aliphatic heterocycles. The van der Waals surface area contributed by atoms with E-state index in [1.165, 1.54) is 24.2 Å². The van der Waals surface area contributed by atoms with Crippen molar-refractivity contribution in [3.8, 4) is 0 Å². The Morgan fingerprint density at radius 1 is 1.45 bits per heavy atom. The van der Waals surface area contributed by atoms with E-state index in [9.17, 15) is 9.59 Å². The third kappa shape index (κ3) is 2.70. The summed E-state index contributed by atoms with van der Waals surface area (Å²) in [5, 5.41) is 5.35. The number of anilines is 1. The topological polar surface area (TPSA) is 62.3 Å². The largest absolute Gasteiger partial charge is 0.339 e. The van der Waals surface area contributed by atoms with Crippen LogP contribution in [0.5, 0.6) is 0 Å². The van der Waals surface area contributed by atoms with Crippen molar-refractivity contribution < 1.29 is 9.59 Å². The molecule has 2 amide bonds. The van der Waals surface area contributed by atoms with Crippen molar-refractivity contribution in [1.29, 1.82) is 0 Å². The zero-order valence-electron chi connectivity index (χ0n) is 11.6. The van der Waals surface area contributed by atoms with Crippen LogP contribution in [0.4, 0.5) is 5.13 Å². The van der Waals surface area contributed by atoms with Crippen molar-refractivity contribution in [3.05, 3.63) is 11.1 Å². The third-order valence-electron chi connectivity index (χ3n) is 4.14. The number of aromatic nitrogens is 1. The summed E-state index contributed by atoms with van der Waals surface area (Å²) in [7, 11) is 0. The Hall–Kier alpha value is -1.43. The Kier molecular flexibility index (Phi) is 3.74. The number of thiazole rings is 1. The van der Waals surface area contributed by atoms with Gasteiger partial charge in [-0.2, -0.15) is 0 Å². The highest BCUT2D eigenvalue weighted by molar-refractivity contribution is 7.13. The molecule has 0 spiro atoms. The number of rotatable bonds is 3. The molecule has 20 heavy (non-hydrogen) atoms. The summed E-state index contributed by atoms with van der Waals surface area (Å²) in [4.78, 5) is 30.4. The Balaban J connectivity index is 1.60. The molecule has 6 heteroatoms. The van der Waals surface area contributed by atoms with Gasteiger partial charge in [-0.05, 0) is 19.8 Å². The molecule has 0 bridgehead atoms. The summed E-state index contributed by atoms with van der Waals surface area (Å²) in [6.45, 7) is 2.47. The van der Waals surface area contributed by atoms with E-state index in [4.69, 9.17) is 0 Å². The number of aryl methyl sites for hydroxylation is 1. The van der Waals surface area contributed by atoms with E-state index < -0.39 is 0 Å². The summed E-state index contributed by atoms with van der Waals surface area (Å²) in [5.74, 6) is -0.173. The molecule has 108 valence electrons. The first-order valence-electron chi connectivity index (χ1n) is 7.16. The standard InChI is InChI=1S/C14H19N3O2S/c1-9-8-20-14(15-9)16-13(19)10-6-12(18)17(7-10)11-4-2-3-5-11/h8,10-11H,2-7H2,1H3,(H,15,16,19). The Morgan fingerprint density at radius 2 is 2.20 bits per heavy atom. The second-order valence-corrected chi connectivity index (χ2v) is 6.53. The van der Waals surface area contributed by atoms with Crippen molar-refractivity contribution >= 4 is 28.3 Å². The van der Waals surface area contributed by atoms with Crippen LogP contribution in [-0.4, -0.2) is 34.3 Å². The fourth-order valence-electron chi connectivity index (χ4n) is 3.09. The maximum Gasteiger partial charge on any atom is 0.231 e. The first-order chi connectivity index (χ1) is 9.63. The van der Waals surface area contributed by atoms with E-state index in [1.807, 2.05) is 17.2 Å². The van der Waals surface area contributed by atoms with E-state index >= 15 is 0 Å². The van der Waals surface area contributed by atoms with Gasteiger partial charge in [0.1, 0.15) is 0 Å². The van der Waals surface area contributed by atoms with Crippen LogP contribution in [0.1, 0.15) is 37.8 Å². The van der Waals surface area contributed by atoms with Crippen molar-refractivity contribution in [1.82, 2.24) is 9.88 Å². The lowest BCUT2D eigenvalue weighted by molar-refractivity contribution is -0.129. The van der Waals surface area contributed by atoms with Gasteiger partial charge in [-0.25, -0.2) is 4.98 Å². The molecule has 0 radical (unpaired) electrons. The van der Waals surface area contributed by atoms with Gasteiger partial charge in [0.25, 0.3) is 0 Å². The molecule has 1 unspecified atom stereocenters. The Morgan fingerprint density at radius 3 is 2.85 bits per heavy atom. The molecule has 1 aromatic rings. The number of hydrogen-bond donors (Lipinski definition) is 1. The highest BCUT2D eigenvalue weighted by atomic mass is 32.1. The van der Waals surface area contributed by atoms with Gasteiger partial charge in [0, 0.05) is 24.4 Å². The lowest BCUT2D eigenvalue weighted by Crippen LogP contribution is -2.35. The van der Waals surface area contributed by atoms with E-state index in [0.29, 0.717) is 24.1 Å². The van der Waals surface area contributed by atoms with Crippen LogP contribution in [-0.2, 0) is 9.59 Å². The minimum atomic E-state index is -0.229. The van der Waals surface area contributed by atoms with Gasteiger partial charge in [0.2, 0.25) is 11.8 Å². The second-order valence-electron chi connectivity index (χ2n) is 5.67. The van der Waals surface area contributed by atoms with Crippen molar-refractivity contribution in [2.24, 2.45) is 5.92 Å². The van der Waals surface area contributed by atoms with Gasteiger partial charge in [-0.3, -0.25) is 9.59 Å². The van der Waals surface area contributed by atoms with Gasteiger partial charge in [-0.15, -0.1) is 11.3 Å². The summed E-state index contributed by atoms with van der Waals surface area (Å²) in [5.41, 5.74) is 0.903. The average Bonchev–Trinajstić information content (AvgIpc) is 3.10. The van der Waals surface area contributed by atoms with Crippen molar-refractivity contribution in [2.75, 3.05) is 11.9 Å². The first kappa shape index (κ1) is 13.5. The van der Waals surface area contributed by atoms with Crippen LogP contribution in [0.3, 0.4) is 0 Å². The van der Waals surface area contributed by atoms with E-state index in [2.05, 4.69) is 10.3 Å². The minimum Gasteiger partial charge on any atom is -0.339 e. The van der Waals surface area contributed by atoms with Gasteiger partial charge in [0.05, 0.1) is 11.6 Å². The number of likely N-dealkylation sites (tertiary alicyclic amines) is 1. The fourth-order valence-corrected chi connectivity index (χ4v) is 3.79. The molecular weight excluding hydrogens is 274 g/mol. The highest BCUT2D eigenvalue weighted by Gasteiger charge is 2.38. The Bertz CT molecular complexity index is 522. The minimum absolute atomic E-state index is 0.0757. The summed E-state index contributed by atoms with van der Waals surface area (Å²) in [6, 6.07) is 0.363. The molecule has 1 aromatic heterocycles. The number of carbonyl (C=O) groups excluding carboxylic acids is 2.